The van der Waals surface area contributed by atoms with E-state index in [-0.39, 0.29) is 5.91 Å². The molecule has 2 heterocycles. The normalized spacial score (nSPS) is 10.5. The zero-order valence-corrected chi connectivity index (χ0v) is 15.7. The first-order chi connectivity index (χ1) is 12.2. The number of carbonyl (C=O) groups excluding carboxylic acids is 1. The molecule has 4 nitrogen and oxygen atoms in total. The van der Waals surface area contributed by atoms with Crippen LogP contribution in [0.5, 0.6) is 11.5 Å². The first-order valence-electron chi connectivity index (χ1n) is 7.77. The molecule has 1 aromatic carbocycles. The molecule has 3 aromatic rings. The molecule has 0 spiro atoms. The van der Waals surface area contributed by atoms with Crippen LogP contribution in [-0.2, 0) is 13.1 Å². The summed E-state index contributed by atoms with van der Waals surface area (Å²) in [5.74, 6) is 1.13. The van der Waals surface area contributed by atoms with Gasteiger partial charge in [0.25, 0.3) is 5.91 Å². The van der Waals surface area contributed by atoms with Gasteiger partial charge in [-0.3, -0.25) is 4.79 Å². The van der Waals surface area contributed by atoms with Crippen LogP contribution >= 0.6 is 22.7 Å². The SMILES string of the molecule is COc1ccc(C(=O)N(Cc2cccs2)Cc2cccs2)c(OC)c1. The largest absolute Gasteiger partial charge is 0.497 e. The molecular weight excluding hydrogens is 354 g/mol. The van der Waals surface area contributed by atoms with Crippen LogP contribution < -0.4 is 9.47 Å². The molecule has 3 rings (SSSR count). The summed E-state index contributed by atoms with van der Waals surface area (Å²) in [4.78, 5) is 17.3. The Kier molecular flexibility index (Phi) is 5.73. The van der Waals surface area contributed by atoms with E-state index in [9.17, 15) is 4.79 Å². The van der Waals surface area contributed by atoms with E-state index in [0.717, 1.165) is 9.75 Å². The highest BCUT2D eigenvalue weighted by Crippen LogP contribution is 2.27. The van der Waals surface area contributed by atoms with Gasteiger partial charge in [-0.05, 0) is 35.0 Å². The number of carbonyl (C=O) groups is 1. The van der Waals surface area contributed by atoms with E-state index in [2.05, 4.69) is 0 Å². The van der Waals surface area contributed by atoms with Gasteiger partial charge in [-0.1, -0.05) is 12.1 Å². The van der Waals surface area contributed by atoms with E-state index in [1.807, 2.05) is 39.9 Å². The van der Waals surface area contributed by atoms with E-state index in [4.69, 9.17) is 9.47 Å². The van der Waals surface area contributed by atoms with Gasteiger partial charge < -0.3 is 14.4 Å². The van der Waals surface area contributed by atoms with Crippen molar-refractivity contribution in [3.05, 3.63) is 68.5 Å². The van der Waals surface area contributed by atoms with Crippen molar-refractivity contribution in [2.24, 2.45) is 0 Å². The van der Waals surface area contributed by atoms with E-state index in [1.165, 1.54) is 0 Å². The van der Waals surface area contributed by atoms with Crippen molar-refractivity contribution >= 4 is 28.6 Å². The molecule has 0 fully saturated rings. The van der Waals surface area contributed by atoms with E-state index in [1.54, 1.807) is 55.1 Å². The van der Waals surface area contributed by atoms with Crippen LogP contribution in [-0.4, -0.2) is 25.0 Å². The molecule has 0 aliphatic rings. The van der Waals surface area contributed by atoms with Crippen LogP contribution in [0.1, 0.15) is 20.1 Å². The standard InChI is InChI=1S/C19H19NO3S2/c1-22-14-7-8-17(18(11-14)23-2)19(21)20(12-15-5-3-9-24-15)13-16-6-4-10-25-16/h3-11H,12-13H2,1-2H3. The number of hydrogen-bond donors (Lipinski definition) is 0. The lowest BCUT2D eigenvalue weighted by Crippen LogP contribution is -2.29. The molecule has 0 saturated heterocycles. The van der Waals surface area contributed by atoms with Crippen LogP contribution in [0, 0.1) is 0 Å². The quantitative estimate of drug-likeness (QED) is 0.604. The van der Waals surface area contributed by atoms with Gasteiger partial charge in [-0.2, -0.15) is 0 Å². The minimum absolute atomic E-state index is 0.0543. The minimum atomic E-state index is -0.0543. The molecule has 0 unspecified atom stereocenters. The van der Waals surface area contributed by atoms with Gasteiger partial charge in [-0.15, -0.1) is 22.7 Å². The lowest BCUT2D eigenvalue weighted by molar-refractivity contribution is 0.0730. The monoisotopic (exact) mass is 373 g/mol. The number of methoxy groups -OCH3 is 2. The fourth-order valence-electron chi connectivity index (χ4n) is 2.53. The van der Waals surface area contributed by atoms with Crippen LogP contribution in [0.3, 0.4) is 0 Å². The molecule has 2 aromatic heterocycles. The van der Waals surface area contributed by atoms with Crippen LogP contribution in [0.15, 0.2) is 53.2 Å². The van der Waals surface area contributed by atoms with Gasteiger partial charge in [-0.25, -0.2) is 0 Å². The molecule has 0 aliphatic carbocycles. The summed E-state index contributed by atoms with van der Waals surface area (Å²) in [7, 11) is 3.16. The van der Waals surface area contributed by atoms with Crippen molar-refractivity contribution in [3.8, 4) is 11.5 Å². The first kappa shape index (κ1) is 17.5. The fourth-order valence-corrected chi connectivity index (χ4v) is 3.97. The Bertz CT molecular complexity index is 777. The molecule has 130 valence electrons. The zero-order chi connectivity index (χ0) is 17.6. The third-order valence-electron chi connectivity index (χ3n) is 3.78. The molecule has 0 radical (unpaired) electrons. The third-order valence-corrected chi connectivity index (χ3v) is 5.50. The molecule has 25 heavy (non-hydrogen) atoms. The van der Waals surface area contributed by atoms with Crippen molar-refractivity contribution in [3.63, 3.8) is 0 Å². The summed E-state index contributed by atoms with van der Waals surface area (Å²) >= 11 is 3.30. The van der Waals surface area contributed by atoms with Gasteiger partial charge >= 0.3 is 0 Å². The number of ether oxygens (including phenoxy) is 2. The highest BCUT2D eigenvalue weighted by Gasteiger charge is 2.21. The average Bonchev–Trinajstić information content (AvgIpc) is 3.34. The number of thiophene rings is 2. The third kappa shape index (κ3) is 4.21. The molecule has 0 aliphatic heterocycles. The summed E-state index contributed by atoms with van der Waals surface area (Å²) < 4.78 is 10.6. The van der Waals surface area contributed by atoms with Gasteiger partial charge in [0.1, 0.15) is 11.5 Å². The summed E-state index contributed by atoms with van der Waals surface area (Å²) in [5, 5.41) is 4.05. The second-order valence-corrected chi connectivity index (χ2v) is 7.45. The zero-order valence-electron chi connectivity index (χ0n) is 14.1. The maximum absolute atomic E-state index is 13.2. The Hall–Kier alpha value is -2.31. The molecule has 0 bridgehead atoms. The summed E-state index contributed by atoms with van der Waals surface area (Å²) in [6, 6.07) is 13.4. The van der Waals surface area contributed by atoms with Gasteiger partial charge in [0.05, 0.1) is 32.9 Å². The number of hydrogen-bond acceptors (Lipinski definition) is 5. The van der Waals surface area contributed by atoms with Crippen molar-refractivity contribution < 1.29 is 14.3 Å². The molecule has 0 atom stereocenters. The van der Waals surface area contributed by atoms with Gasteiger partial charge in [0.2, 0.25) is 0 Å². The van der Waals surface area contributed by atoms with E-state index >= 15 is 0 Å². The molecule has 6 heteroatoms. The predicted molar refractivity (Wildman–Crippen MR) is 102 cm³/mol. The second-order valence-electron chi connectivity index (χ2n) is 5.39. The lowest BCUT2D eigenvalue weighted by atomic mass is 10.1. The Labute approximate surface area is 155 Å². The second kappa shape index (κ2) is 8.18. The molecule has 0 saturated carbocycles. The Balaban J connectivity index is 1.90. The van der Waals surface area contributed by atoms with Gasteiger partial charge in [0, 0.05) is 15.8 Å². The van der Waals surface area contributed by atoms with Crippen LogP contribution in [0.2, 0.25) is 0 Å². The van der Waals surface area contributed by atoms with E-state index < -0.39 is 0 Å². The Morgan fingerprint density at radius 3 is 2.08 bits per heavy atom. The Morgan fingerprint density at radius 2 is 1.60 bits per heavy atom. The van der Waals surface area contributed by atoms with Crippen molar-refractivity contribution in [2.45, 2.75) is 13.1 Å². The number of rotatable bonds is 7. The summed E-state index contributed by atoms with van der Waals surface area (Å²) in [6.45, 7) is 1.15. The number of benzene rings is 1. The highest BCUT2D eigenvalue weighted by atomic mass is 32.1. The predicted octanol–water partition coefficient (Wildman–Crippen LogP) is 4.67. The summed E-state index contributed by atoms with van der Waals surface area (Å²) in [6.07, 6.45) is 0. The lowest BCUT2D eigenvalue weighted by Gasteiger charge is -2.23. The highest BCUT2D eigenvalue weighted by molar-refractivity contribution is 7.10. The Morgan fingerprint density at radius 1 is 0.960 bits per heavy atom. The number of nitrogens with zero attached hydrogens (tertiary/aromatic N) is 1. The fraction of sp³-hybridized carbons (Fsp3) is 0.211. The summed E-state index contributed by atoms with van der Waals surface area (Å²) in [5.41, 5.74) is 0.538. The van der Waals surface area contributed by atoms with E-state index in [0.29, 0.717) is 30.2 Å². The van der Waals surface area contributed by atoms with Crippen molar-refractivity contribution in [1.82, 2.24) is 4.90 Å². The smallest absolute Gasteiger partial charge is 0.258 e. The molecule has 1 amide bonds. The first-order valence-corrected chi connectivity index (χ1v) is 9.53. The average molecular weight is 373 g/mol. The van der Waals surface area contributed by atoms with Crippen LogP contribution in [0.4, 0.5) is 0 Å². The maximum atomic E-state index is 13.2. The molecular formula is C19H19NO3S2. The number of amides is 1. The molecule has 0 N–H and O–H groups in total. The van der Waals surface area contributed by atoms with Crippen LogP contribution in [0.25, 0.3) is 0 Å². The minimum Gasteiger partial charge on any atom is -0.497 e. The van der Waals surface area contributed by atoms with Gasteiger partial charge in [0.15, 0.2) is 0 Å². The maximum Gasteiger partial charge on any atom is 0.258 e. The van der Waals surface area contributed by atoms with Crippen molar-refractivity contribution in [1.29, 1.82) is 0 Å². The van der Waals surface area contributed by atoms with Crippen molar-refractivity contribution in [2.75, 3.05) is 14.2 Å². The topological polar surface area (TPSA) is 38.8 Å².